The maximum atomic E-state index is 12.6. The molecular formula is C16H22N2O3S. The van der Waals surface area contributed by atoms with Crippen molar-refractivity contribution in [2.24, 2.45) is 17.0 Å². The zero-order valence-electron chi connectivity index (χ0n) is 12.8. The molecule has 3 rings (SSSR count). The Morgan fingerprint density at radius 1 is 1.27 bits per heavy atom. The first-order chi connectivity index (χ1) is 10.3. The Labute approximate surface area is 131 Å². The quantitative estimate of drug-likeness (QED) is 0.907. The average Bonchev–Trinajstić information content (AvgIpc) is 3.03. The highest BCUT2D eigenvalue weighted by Crippen LogP contribution is 2.27. The van der Waals surface area contributed by atoms with Crippen molar-refractivity contribution in [2.45, 2.75) is 26.2 Å². The van der Waals surface area contributed by atoms with Crippen LogP contribution in [0.4, 0.5) is 0 Å². The topological polar surface area (TPSA) is 80.5 Å². The third-order valence-corrected chi connectivity index (χ3v) is 5.74. The van der Waals surface area contributed by atoms with Gasteiger partial charge in [0.15, 0.2) is 0 Å². The van der Waals surface area contributed by atoms with Gasteiger partial charge in [0.25, 0.3) is 5.91 Å². The Morgan fingerprint density at radius 2 is 2.00 bits per heavy atom. The van der Waals surface area contributed by atoms with Gasteiger partial charge < -0.3 is 4.90 Å². The number of nitrogens with zero attached hydrogens (tertiary/aromatic N) is 1. The highest BCUT2D eigenvalue weighted by molar-refractivity contribution is 7.89. The molecule has 2 atom stereocenters. The Bertz CT molecular complexity index is 699. The van der Waals surface area contributed by atoms with Crippen LogP contribution in [0.2, 0.25) is 0 Å². The number of fused-ring (bicyclic) bond motifs is 1. The summed E-state index contributed by atoms with van der Waals surface area (Å²) in [6, 6.07) is 5.95. The van der Waals surface area contributed by atoms with Crippen LogP contribution < -0.4 is 5.14 Å². The predicted octanol–water partition coefficient (Wildman–Crippen LogP) is 1.17. The van der Waals surface area contributed by atoms with Crippen LogP contribution in [0.1, 0.15) is 34.8 Å². The summed E-state index contributed by atoms with van der Waals surface area (Å²) in [6.45, 7) is 3.04. The van der Waals surface area contributed by atoms with Gasteiger partial charge in [0.05, 0.1) is 5.75 Å². The molecule has 1 amide bonds. The zero-order chi connectivity index (χ0) is 15.9. The smallest absolute Gasteiger partial charge is 0.253 e. The van der Waals surface area contributed by atoms with E-state index in [-0.39, 0.29) is 23.5 Å². The van der Waals surface area contributed by atoms with Crippen molar-refractivity contribution in [3.8, 4) is 0 Å². The van der Waals surface area contributed by atoms with E-state index in [1.807, 2.05) is 19.1 Å². The fraction of sp³-hybridized carbons (Fsp3) is 0.562. The number of sulfonamides is 1. The van der Waals surface area contributed by atoms with Gasteiger partial charge in [0.1, 0.15) is 0 Å². The lowest BCUT2D eigenvalue weighted by atomic mass is 10.0. The van der Waals surface area contributed by atoms with Gasteiger partial charge in [-0.1, -0.05) is 13.0 Å². The number of hydrogen-bond acceptors (Lipinski definition) is 3. The number of aryl methyl sites for hydroxylation is 2. The Hall–Kier alpha value is -1.40. The van der Waals surface area contributed by atoms with Crippen LogP contribution in [0, 0.1) is 11.8 Å². The number of hydrogen-bond donors (Lipinski definition) is 1. The van der Waals surface area contributed by atoms with Crippen LogP contribution in [0.15, 0.2) is 18.2 Å². The monoisotopic (exact) mass is 322 g/mol. The SMILES string of the molecule is C[C@@H]1CN(C(=O)c2ccc3c(c2)CCC3)C[C@H]1CS(N)(=O)=O. The molecule has 0 spiro atoms. The van der Waals surface area contributed by atoms with E-state index >= 15 is 0 Å². The van der Waals surface area contributed by atoms with Crippen LogP contribution in [-0.2, 0) is 22.9 Å². The summed E-state index contributed by atoms with van der Waals surface area (Å²) in [5.74, 6) is 0.0193. The molecule has 22 heavy (non-hydrogen) atoms. The van der Waals surface area contributed by atoms with Crippen molar-refractivity contribution in [3.05, 3.63) is 34.9 Å². The first-order valence-corrected chi connectivity index (χ1v) is 9.46. The van der Waals surface area contributed by atoms with Gasteiger partial charge in [-0.15, -0.1) is 0 Å². The molecule has 1 aromatic rings. The molecule has 1 aliphatic heterocycles. The van der Waals surface area contributed by atoms with Crippen molar-refractivity contribution < 1.29 is 13.2 Å². The number of likely N-dealkylation sites (tertiary alicyclic amines) is 1. The van der Waals surface area contributed by atoms with Crippen LogP contribution in [0.5, 0.6) is 0 Å². The fourth-order valence-corrected chi connectivity index (χ4v) is 4.63. The third kappa shape index (κ3) is 3.17. The second-order valence-electron chi connectivity index (χ2n) is 6.61. The molecule has 0 saturated carbocycles. The van der Waals surface area contributed by atoms with Crippen LogP contribution in [-0.4, -0.2) is 38.1 Å². The summed E-state index contributed by atoms with van der Waals surface area (Å²) < 4.78 is 22.6. The predicted molar refractivity (Wildman–Crippen MR) is 85.0 cm³/mol. The molecular weight excluding hydrogens is 300 g/mol. The molecule has 2 aliphatic rings. The number of amides is 1. The van der Waals surface area contributed by atoms with Gasteiger partial charge in [-0.2, -0.15) is 0 Å². The van der Waals surface area contributed by atoms with Crippen molar-refractivity contribution >= 4 is 15.9 Å². The highest BCUT2D eigenvalue weighted by atomic mass is 32.2. The molecule has 1 heterocycles. The Kier molecular flexibility index (Phi) is 3.99. The van der Waals surface area contributed by atoms with E-state index in [4.69, 9.17) is 5.14 Å². The molecule has 0 aromatic heterocycles. The first kappa shape index (κ1) is 15.5. The second-order valence-corrected chi connectivity index (χ2v) is 8.27. The van der Waals surface area contributed by atoms with Crippen LogP contribution in [0.3, 0.4) is 0 Å². The van der Waals surface area contributed by atoms with Crippen molar-refractivity contribution in [3.63, 3.8) is 0 Å². The summed E-state index contributed by atoms with van der Waals surface area (Å²) in [5, 5.41) is 5.14. The normalized spacial score (nSPS) is 24.5. The van der Waals surface area contributed by atoms with Crippen LogP contribution in [0.25, 0.3) is 0 Å². The molecule has 1 fully saturated rings. The van der Waals surface area contributed by atoms with Crippen molar-refractivity contribution in [1.82, 2.24) is 4.90 Å². The van der Waals surface area contributed by atoms with Gasteiger partial charge >= 0.3 is 0 Å². The minimum Gasteiger partial charge on any atom is -0.338 e. The molecule has 0 unspecified atom stereocenters. The molecule has 1 aliphatic carbocycles. The summed E-state index contributed by atoms with van der Waals surface area (Å²) in [5.41, 5.74) is 3.33. The number of carbonyl (C=O) groups is 1. The molecule has 0 radical (unpaired) electrons. The fourth-order valence-electron chi connectivity index (χ4n) is 3.60. The maximum Gasteiger partial charge on any atom is 0.253 e. The number of benzene rings is 1. The maximum absolute atomic E-state index is 12.6. The minimum atomic E-state index is -3.50. The summed E-state index contributed by atoms with van der Waals surface area (Å²) in [4.78, 5) is 14.4. The molecule has 5 nitrogen and oxygen atoms in total. The van der Waals surface area contributed by atoms with Crippen LogP contribution >= 0.6 is 0 Å². The Balaban J connectivity index is 1.73. The average molecular weight is 322 g/mol. The molecule has 1 aromatic carbocycles. The summed E-state index contributed by atoms with van der Waals surface area (Å²) in [7, 11) is -3.50. The third-order valence-electron chi connectivity index (χ3n) is 4.85. The highest BCUT2D eigenvalue weighted by Gasteiger charge is 2.35. The lowest BCUT2D eigenvalue weighted by Crippen LogP contribution is -2.30. The lowest BCUT2D eigenvalue weighted by Gasteiger charge is -2.17. The number of nitrogens with two attached hydrogens (primary N) is 1. The molecule has 120 valence electrons. The van der Waals surface area contributed by atoms with E-state index in [2.05, 4.69) is 6.07 Å². The number of rotatable bonds is 3. The molecule has 0 bridgehead atoms. The van der Waals surface area contributed by atoms with Crippen molar-refractivity contribution in [2.75, 3.05) is 18.8 Å². The van der Waals surface area contributed by atoms with E-state index in [0.29, 0.717) is 18.7 Å². The van der Waals surface area contributed by atoms with Gasteiger partial charge in [-0.05, 0) is 54.4 Å². The summed E-state index contributed by atoms with van der Waals surface area (Å²) >= 11 is 0. The molecule has 2 N–H and O–H groups in total. The first-order valence-electron chi connectivity index (χ1n) is 7.75. The van der Waals surface area contributed by atoms with Gasteiger partial charge in [0.2, 0.25) is 10.0 Å². The minimum absolute atomic E-state index is 0.00142. The van der Waals surface area contributed by atoms with E-state index in [9.17, 15) is 13.2 Å². The van der Waals surface area contributed by atoms with Crippen molar-refractivity contribution in [1.29, 1.82) is 0 Å². The number of carbonyl (C=O) groups excluding carboxylic acids is 1. The van der Waals surface area contributed by atoms with Gasteiger partial charge in [-0.3, -0.25) is 4.79 Å². The van der Waals surface area contributed by atoms with E-state index in [1.165, 1.54) is 11.1 Å². The van der Waals surface area contributed by atoms with E-state index < -0.39 is 10.0 Å². The standard InChI is InChI=1S/C16H22N2O3S/c1-11-8-18(9-15(11)10-22(17,20)21)16(19)14-6-5-12-3-2-4-13(12)7-14/h5-7,11,15H,2-4,8-10H2,1H3,(H2,17,20,21)/t11-,15+/m1/s1. The molecule has 1 saturated heterocycles. The van der Waals surface area contributed by atoms with Gasteiger partial charge in [-0.25, -0.2) is 13.6 Å². The summed E-state index contributed by atoms with van der Waals surface area (Å²) in [6.07, 6.45) is 3.30. The second kappa shape index (κ2) is 5.66. The number of primary sulfonamides is 1. The van der Waals surface area contributed by atoms with E-state index in [1.54, 1.807) is 4.90 Å². The van der Waals surface area contributed by atoms with E-state index in [0.717, 1.165) is 19.3 Å². The zero-order valence-corrected chi connectivity index (χ0v) is 13.6. The largest absolute Gasteiger partial charge is 0.338 e. The van der Waals surface area contributed by atoms with Gasteiger partial charge in [0, 0.05) is 18.7 Å². The lowest BCUT2D eigenvalue weighted by molar-refractivity contribution is 0.0785. The molecule has 6 heteroatoms. The Morgan fingerprint density at radius 3 is 2.73 bits per heavy atom.